The van der Waals surface area contributed by atoms with Crippen molar-refractivity contribution in [1.82, 2.24) is 10.6 Å². The minimum absolute atomic E-state index is 0.366. The SMILES string of the molecule is C=C(Br)CNC(=NC)NCC(O)c1ccc(Cl)s1. The minimum atomic E-state index is -0.603. The third kappa shape index (κ3) is 5.39. The van der Waals surface area contributed by atoms with Gasteiger partial charge < -0.3 is 15.7 Å². The first kappa shape index (κ1) is 15.5. The molecular formula is C11H15BrClN3OS. The number of halogens is 2. The van der Waals surface area contributed by atoms with Crippen molar-refractivity contribution < 1.29 is 5.11 Å². The predicted molar refractivity (Wildman–Crippen MR) is 81.7 cm³/mol. The molecule has 1 unspecified atom stereocenters. The Hall–Kier alpha value is -0.560. The summed E-state index contributed by atoms with van der Waals surface area (Å²) in [5, 5.41) is 16.0. The van der Waals surface area contributed by atoms with Crippen LogP contribution in [0.2, 0.25) is 4.34 Å². The molecule has 100 valence electrons. The molecule has 3 N–H and O–H groups in total. The predicted octanol–water partition coefficient (Wildman–Crippen LogP) is 2.51. The lowest BCUT2D eigenvalue weighted by Gasteiger charge is -2.14. The van der Waals surface area contributed by atoms with Gasteiger partial charge in [-0.15, -0.1) is 11.3 Å². The first-order chi connectivity index (χ1) is 8.52. The normalized spacial score (nSPS) is 13.2. The molecule has 0 saturated carbocycles. The average Bonchev–Trinajstić information content (AvgIpc) is 2.75. The van der Waals surface area contributed by atoms with Gasteiger partial charge in [-0.3, -0.25) is 4.99 Å². The smallest absolute Gasteiger partial charge is 0.191 e. The van der Waals surface area contributed by atoms with E-state index in [1.807, 2.05) is 6.07 Å². The molecule has 0 amide bonds. The Morgan fingerprint density at radius 1 is 1.61 bits per heavy atom. The summed E-state index contributed by atoms with van der Waals surface area (Å²) >= 11 is 10.4. The van der Waals surface area contributed by atoms with Gasteiger partial charge in [-0.25, -0.2) is 0 Å². The van der Waals surface area contributed by atoms with Crippen molar-refractivity contribution in [1.29, 1.82) is 0 Å². The van der Waals surface area contributed by atoms with Crippen LogP contribution in [0.4, 0.5) is 0 Å². The summed E-state index contributed by atoms with van der Waals surface area (Å²) in [5.74, 6) is 0.609. The molecule has 0 fully saturated rings. The van der Waals surface area contributed by atoms with Crippen molar-refractivity contribution in [2.45, 2.75) is 6.10 Å². The Balaban J connectivity index is 2.41. The summed E-state index contributed by atoms with van der Waals surface area (Å²) in [5.41, 5.74) is 0. The summed E-state index contributed by atoms with van der Waals surface area (Å²) in [6.07, 6.45) is -0.603. The van der Waals surface area contributed by atoms with Crippen LogP contribution in [0.25, 0.3) is 0 Å². The largest absolute Gasteiger partial charge is 0.386 e. The highest BCUT2D eigenvalue weighted by Crippen LogP contribution is 2.26. The van der Waals surface area contributed by atoms with E-state index in [0.717, 1.165) is 9.36 Å². The maximum absolute atomic E-state index is 9.94. The second kappa shape index (κ2) is 7.78. The molecular weight excluding hydrogens is 338 g/mol. The van der Waals surface area contributed by atoms with Gasteiger partial charge >= 0.3 is 0 Å². The molecule has 1 aromatic heterocycles. The fourth-order valence-electron chi connectivity index (χ4n) is 1.20. The van der Waals surface area contributed by atoms with Crippen LogP contribution in [0.5, 0.6) is 0 Å². The van der Waals surface area contributed by atoms with Gasteiger partial charge in [0.1, 0.15) is 6.10 Å². The van der Waals surface area contributed by atoms with Gasteiger partial charge in [0, 0.05) is 29.5 Å². The molecule has 0 saturated heterocycles. The van der Waals surface area contributed by atoms with E-state index in [1.54, 1.807) is 13.1 Å². The van der Waals surface area contributed by atoms with Gasteiger partial charge in [-0.05, 0) is 12.1 Å². The van der Waals surface area contributed by atoms with Crippen molar-refractivity contribution in [3.63, 3.8) is 0 Å². The van der Waals surface area contributed by atoms with E-state index in [1.165, 1.54) is 11.3 Å². The Labute approximate surface area is 124 Å². The van der Waals surface area contributed by atoms with Crippen LogP contribution in [0.1, 0.15) is 11.0 Å². The number of aliphatic hydroxyl groups excluding tert-OH is 1. The lowest BCUT2D eigenvalue weighted by atomic mass is 10.3. The molecule has 1 atom stereocenters. The number of hydrogen-bond acceptors (Lipinski definition) is 3. The molecule has 0 spiro atoms. The van der Waals surface area contributed by atoms with Crippen molar-refractivity contribution in [2.75, 3.05) is 20.1 Å². The first-order valence-electron chi connectivity index (χ1n) is 5.24. The van der Waals surface area contributed by atoms with Gasteiger partial charge in [0.25, 0.3) is 0 Å². The summed E-state index contributed by atoms with van der Waals surface area (Å²) in [6, 6.07) is 3.59. The highest BCUT2D eigenvalue weighted by molar-refractivity contribution is 9.11. The maximum atomic E-state index is 9.94. The van der Waals surface area contributed by atoms with Crippen LogP contribution in [0.3, 0.4) is 0 Å². The van der Waals surface area contributed by atoms with E-state index < -0.39 is 6.10 Å². The van der Waals surface area contributed by atoms with Crippen LogP contribution in [-0.2, 0) is 0 Å². The monoisotopic (exact) mass is 351 g/mol. The van der Waals surface area contributed by atoms with Gasteiger partial charge in [0.05, 0.1) is 4.34 Å². The fraction of sp³-hybridized carbons (Fsp3) is 0.364. The zero-order valence-corrected chi connectivity index (χ0v) is 13.1. The van der Waals surface area contributed by atoms with Gasteiger partial charge in [-0.2, -0.15) is 0 Å². The molecule has 1 aromatic rings. The summed E-state index contributed by atoms with van der Waals surface area (Å²) < 4.78 is 1.50. The maximum Gasteiger partial charge on any atom is 0.191 e. The van der Waals surface area contributed by atoms with E-state index in [4.69, 9.17) is 11.6 Å². The van der Waals surface area contributed by atoms with Crippen LogP contribution in [0.15, 0.2) is 28.2 Å². The van der Waals surface area contributed by atoms with Crippen molar-refractivity contribution in [2.24, 2.45) is 4.99 Å². The van der Waals surface area contributed by atoms with Crippen LogP contribution in [-0.4, -0.2) is 31.2 Å². The molecule has 0 aliphatic heterocycles. The molecule has 0 radical (unpaired) electrons. The summed E-state index contributed by atoms with van der Waals surface area (Å²) in [4.78, 5) is 4.86. The average molecular weight is 353 g/mol. The van der Waals surface area contributed by atoms with Crippen molar-refractivity contribution in [3.8, 4) is 0 Å². The van der Waals surface area contributed by atoms with Crippen molar-refractivity contribution in [3.05, 3.63) is 32.4 Å². The summed E-state index contributed by atoms with van der Waals surface area (Å²) in [7, 11) is 1.67. The topological polar surface area (TPSA) is 56.7 Å². The molecule has 4 nitrogen and oxygen atoms in total. The summed E-state index contributed by atoms with van der Waals surface area (Å²) in [6.45, 7) is 4.65. The molecule has 18 heavy (non-hydrogen) atoms. The van der Waals surface area contributed by atoms with E-state index in [-0.39, 0.29) is 0 Å². The lowest BCUT2D eigenvalue weighted by Crippen LogP contribution is -2.39. The molecule has 0 aromatic carbocycles. The fourth-order valence-corrected chi connectivity index (χ4v) is 2.39. The Kier molecular flexibility index (Phi) is 6.70. The zero-order chi connectivity index (χ0) is 13.5. The number of hydrogen-bond donors (Lipinski definition) is 3. The molecule has 7 heteroatoms. The standard InChI is InChI=1S/C11H15BrClN3OS/c1-7(12)5-15-11(14-2)16-6-8(17)9-3-4-10(13)18-9/h3-4,8,17H,1,5-6H2,2H3,(H2,14,15,16). The Bertz CT molecular complexity index is 436. The number of aliphatic hydroxyl groups is 1. The quantitative estimate of drug-likeness (QED) is 0.564. The van der Waals surface area contributed by atoms with Gasteiger partial charge in [0.2, 0.25) is 0 Å². The van der Waals surface area contributed by atoms with E-state index in [9.17, 15) is 5.11 Å². The highest BCUT2D eigenvalue weighted by atomic mass is 79.9. The number of aliphatic imine (C=N–C) groups is 1. The zero-order valence-electron chi connectivity index (χ0n) is 9.91. The van der Waals surface area contributed by atoms with E-state index in [2.05, 4.69) is 38.1 Å². The van der Waals surface area contributed by atoms with Crippen LogP contribution in [0, 0.1) is 0 Å². The Morgan fingerprint density at radius 3 is 2.83 bits per heavy atom. The number of nitrogens with one attached hydrogen (secondary N) is 2. The third-order valence-electron chi connectivity index (χ3n) is 2.06. The number of thiophene rings is 1. The first-order valence-corrected chi connectivity index (χ1v) is 7.22. The molecule has 0 aliphatic rings. The molecule has 0 bridgehead atoms. The number of nitrogens with zero attached hydrogens (tertiary/aromatic N) is 1. The van der Waals surface area contributed by atoms with Gasteiger partial charge in [0.15, 0.2) is 5.96 Å². The molecule has 1 rings (SSSR count). The number of guanidine groups is 1. The lowest BCUT2D eigenvalue weighted by molar-refractivity contribution is 0.184. The van der Waals surface area contributed by atoms with E-state index >= 15 is 0 Å². The van der Waals surface area contributed by atoms with E-state index in [0.29, 0.717) is 23.4 Å². The van der Waals surface area contributed by atoms with Crippen LogP contribution < -0.4 is 10.6 Å². The van der Waals surface area contributed by atoms with Crippen LogP contribution >= 0.6 is 38.9 Å². The highest BCUT2D eigenvalue weighted by Gasteiger charge is 2.10. The minimum Gasteiger partial charge on any atom is -0.386 e. The van der Waals surface area contributed by atoms with Crippen molar-refractivity contribution >= 4 is 44.8 Å². The number of rotatable bonds is 5. The molecule has 0 aliphatic carbocycles. The second-order valence-corrected chi connectivity index (χ2v) is 6.35. The third-order valence-corrected chi connectivity index (χ3v) is 3.67. The Morgan fingerprint density at radius 2 is 2.33 bits per heavy atom. The molecule has 1 heterocycles. The van der Waals surface area contributed by atoms with Gasteiger partial charge in [-0.1, -0.05) is 34.1 Å². The second-order valence-electron chi connectivity index (χ2n) is 3.48.